The average molecular weight is 215 g/mol. The lowest BCUT2D eigenvalue weighted by Gasteiger charge is -2.06. The van der Waals surface area contributed by atoms with E-state index in [9.17, 15) is 9.18 Å². The molecule has 0 amide bonds. The highest BCUT2D eigenvalue weighted by Gasteiger charge is 2.15. The average Bonchev–Trinajstić information content (AvgIpc) is 2.20. The predicted octanol–water partition coefficient (Wildman–Crippen LogP) is 3.33. The molecule has 1 nitrogen and oxygen atoms in total. The fourth-order valence-corrected chi connectivity index (χ4v) is 1.29. The number of ketones is 1. The van der Waals surface area contributed by atoms with Crippen molar-refractivity contribution in [2.24, 2.45) is 0 Å². The highest BCUT2D eigenvalue weighted by molar-refractivity contribution is 6.33. The molecule has 0 spiro atoms. The van der Waals surface area contributed by atoms with E-state index in [1.807, 2.05) is 6.92 Å². The van der Waals surface area contributed by atoms with Crippen molar-refractivity contribution in [1.29, 1.82) is 0 Å². The lowest BCUT2D eigenvalue weighted by molar-refractivity contribution is 0.0985. The van der Waals surface area contributed by atoms with E-state index in [2.05, 4.69) is 0 Å². The summed E-state index contributed by atoms with van der Waals surface area (Å²) in [6, 6.07) is 4.29. The molecule has 0 bridgehead atoms. The van der Waals surface area contributed by atoms with Gasteiger partial charge in [-0.3, -0.25) is 4.79 Å². The predicted molar refractivity (Wildman–Crippen MR) is 55.4 cm³/mol. The van der Waals surface area contributed by atoms with Crippen molar-refractivity contribution in [2.45, 2.75) is 25.6 Å². The van der Waals surface area contributed by atoms with Crippen LogP contribution in [0, 0.1) is 12.7 Å². The molecular formula is C11H12ClFO. The summed E-state index contributed by atoms with van der Waals surface area (Å²) in [5, 5.41) is -0.514. The molecule has 1 atom stereocenters. The monoisotopic (exact) mass is 214 g/mol. The summed E-state index contributed by atoms with van der Waals surface area (Å²) in [4.78, 5) is 11.6. The maximum atomic E-state index is 12.9. The van der Waals surface area contributed by atoms with Crippen LogP contribution in [0.5, 0.6) is 0 Å². The zero-order chi connectivity index (χ0) is 10.7. The molecule has 0 aliphatic carbocycles. The Bertz CT molecular complexity index is 349. The van der Waals surface area contributed by atoms with E-state index in [1.165, 1.54) is 18.2 Å². The van der Waals surface area contributed by atoms with E-state index >= 15 is 0 Å². The lowest BCUT2D eigenvalue weighted by Crippen LogP contribution is -2.13. The van der Waals surface area contributed by atoms with Crippen molar-refractivity contribution in [1.82, 2.24) is 0 Å². The molecule has 0 aliphatic rings. The van der Waals surface area contributed by atoms with Crippen LogP contribution in [0.15, 0.2) is 18.2 Å². The van der Waals surface area contributed by atoms with Crippen LogP contribution in [0.3, 0.4) is 0 Å². The number of Topliss-reactive ketones (excluding diaryl/α,β-unsaturated/α-hetero) is 1. The molecule has 0 heterocycles. The van der Waals surface area contributed by atoms with Gasteiger partial charge in [-0.2, -0.15) is 0 Å². The number of halogens is 2. The Labute approximate surface area is 87.9 Å². The van der Waals surface area contributed by atoms with Crippen molar-refractivity contribution < 1.29 is 9.18 Å². The SMILES string of the molecule is CCC(Cl)C(=O)c1ccc(F)c(C)c1. The number of rotatable bonds is 3. The summed E-state index contributed by atoms with van der Waals surface area (Å²) in [7, 11) is 0. The van der Waals surface area contributed by atoms with Gasteiger partial charge in [0.2, 0.25) is 0 Å². The molecule has 0 fully saturated rings. The Morgan fingerprint density at radius 2 is 2.21 bits per heavy atom. The molecule has 0 aliphatic heterocycles. The van der Waals surface area contributed by atoms with Gasteiger partial charge in [0.25, 0.3) is 0 Å². The summed E-state index contributed by atoms with van der Waals surface area (Å²) < 4.78 is 12.9. The minimum absolute atomic E-state index is 0.141. The smallest absolute Gasteiger partial charge is 0.180 e. The first-order valence-electron chi connectivity index (χ1n) is 4.50. The number of hydrogen-bond acceptors (Lipinski definition) is 1. The first-order chi connectivity index (χ1) is 6.56. The number of carbonyl (C=O) groups excluding carboxylic acids is 1. The van der Waals surface area contributed by atoms with E-state index in [0.717, 1.165) is 0 Å². The van der Waals surface area contributed by atoms with Gasteiger partial charge < -0.3 is 0 Å². The largest absolute Gasteiger partial charge is 0.293 e. The van der Waals surface area contributed by atoms with Crippen molar-refractivity contribution in [3.8, 4) is 0 Å². The van der Waals surface area contributed by atoms with Crippen LogP contribution in [0.2, 0.25) is 0 Å². The van der Waals surface area contributed by atoms with E-state index in [-0.39, 0.29) is 11.6 Å². The molecule has 1 rings (SSSR count). The molecule has 14 heavy (non-hydrogen) atoms. The molecule has 0 N–H and O–H groups in total. The highest BCUT2D eigenvalue weighted by Crippen LogP contribution is 2.14. The highest BCUT2D eigenvalue weighted by atomic mass is 35.5. The third kappa shape index (κ3) is 2.32. The molecule has 0 aromatic heterocycles. The van der Waals surface area contributed by atoms with Gasteiger partial charge in [0.15, 0.2) is 5.78 Å². The molecule has 0 saturated heterocycles. The Balaban J connectivity index is 2.97. The molecule has 76 valence electrons. The first kappa shape index (κ1) is 11.2. The van der Waals surface area contributed by atoms with Crippen molar-refractivity contribution >= 4 is 17.4 Å². The quantitative estimate of drug-likeness (QED) is 0.557. The number of aryl methyl sites for hydroxylation is 1. The fourth-order valence-electron chi connectivity index (χ4n) is 1.16. The van der Waals surface area contributed by atoms with Gasteiger partial charge in [-0.25, -0.2) is 4.39 Å². The van der Waals surface area contributed by atoms with Gasteiger partial charge >= 0.3 is 0 Å². The third-order valence-electron chi connectivity index (χ3n) is 2.09. The van der Waals surface area contributed by atoms with Crippen LogP contribution in [-0.4, -0.2) is 11.2 Å². The summed E-state index contributed by atoms with van der Waals surface area (Å²) in [6.45, 7) is 3.47. The second-order valence-corrected chi connectivity index (χ2v) is 3.73. The zero-order valence-corrected chi connectivity index (χ0v) is 8.94. The second kappa shape index (κ2) is 4.56. The van der Waals surface area contributed by atoms with Gasteiger partial charge in [-0.05, 0) is 37.1 Å². The van der Waals surface area contributed by atoms with Crippen LogP contribution >= 0.6 is 11.6 Å². The van der Waals surface area contributed by atoms with E-state index < -0.39 is 5.38 Å². The van der Waals surface area contributed by atoms with Gasteiger partial charge in [0.1, 0.15) is 5.82 Å². The summed E-state index contributed by atoms with van der Waals surface area (Å²) in [5.74, 6) is -0.443. The minimum Gasteiger partial charge on any atom is -0.293 e. The lowest BCUT2D eigenvalue weighted by atomic mass is 10.0. The summed E-state index contributed by atoms with van der Waals surface area (Å²) >= 11 is 5.80. The molecule has 1 aromatic rings. The standard InChI is InChI=1S/C11H12ClFO/c1-3-9(12)11(14)8-4-5-10(13)7(2)6-8/h4-6,9H,3H2,1-2H3. The maximum absolute atomic E-state index is 12.9. The minimum atomic E-state index is -0.514. The molecule has 3 heteroatoms. The van der Waals surface area contributed by atoms with E-state index in [0.29, 0.717) is 17.5 Å². The van der Waals surface area contributed by atoms with Crippen molar-refractivity contribution in [2.75, 3.05) is 0 Å². The Morgan fingerprint density at radius 3 is 2.71 bits per heavy atom. The van der Waals surface area contributed by atoms with E-state index in [1.54, 1.807) is 6.92 Å². The Kier molecular flexibility index (Phi) is 3.64. The first-order valence-corrected chi connectivity index (χ1v) is 4.94. The summed E-state index contributed by atoms with van der Waals surface area (Å²) in [5.41, 5.74) is 0.946. The number of benzene rings is 1. The molecule has 0 radical (unpaired) electrons. The Hall–Kier alpha value is -0.890. The van der Waals surface area contributed by atoms with E-state index in [4.69, 9.17) is 11.6 Å². The van der Waals surface area contributed by atoms with Crippen LogP contribution < -0.4 is 0 Å². The fraction of sp³-hybridized carbons (Fsp3) is 0.364. The van der Waals surface area contributed by atoms with Crippen LogP contribution in [0.25, 0.3) is 0 Å². The van der Waals surface area contributed by atoms with Gasteiger partial charge in [-0.15, -0.1) is 11.6 Å². The van der Waals surface area contributed by atoms with Gasteiger partial charge in [0, 0.05) is 5.56 Å². The topological polar surface area (TPSA) is 17.1 Å². The van der Waals surface area contributed by atoms with Crippen LogP contribution in [-0.2, 0) is 0 Å². The second-order valence-electron chi connectivity index (χ2n) is 3.20. The Morgan fingerprint density at radius 1 is 1.57 bits per heavy atom. The molecule has 0 saturated carbocycles. The number of hydrogen-bond donors (Lipinski definition) is 0. The molecular weight excluding hydrogens is 203 g/mol. The van der Waals surface area contributed by atoms with Crippen LogP contribution in [0.4, 0.5) is 4.39 Å². The zero-order valence-electron chi connectivity index (χ0n) is 8.18. The van der Waals surface area contributed by atoms with Gasteiger partial charge in [-0.1, -0.05) is 6.92 Å². The van der Waals surface area contributed by atoms with Crippen molar-refractivity contribution in [3.63, 3.8) is 0 Å². The van der Waals surface area contributed by atoms with Crippen molar-refractivity contribution in [3.05, 3.63) is 35.1 Å². The molecule has 1 aromatic carbocycles. The third-order valence-corrected chi connectivity index (χ3v) is 2.59. The number of alkyl halides is 1. The van der Waals surface area contributed by atoms with Crippen LogP contribution in [0.1, 0.15) is 29.3 Å². The maximum Gasteiger partial charge on any atom is 0.180 e. The summed E-state index contributed by atoms with van der Waals surface area (Å²) in [6.07, 6.45) is 0.580. The van der Waals surface area contributed by atoms with Gasteiger partial charge in [0.05, 0.1) is 5.38 Å². The normalized spacial score (nSPS) is 12.6. The molecule has 1 unspecified atom stereocenters. The number of carbonyl (C=O) groups is 1.